The van der Waals surface area contributed by atoms with Crippen LogP contribution >= 0.6 is 0 Å². The fourth-order valence-corrected chi connectivity index (χ4v) is 5.81. The lowest BCUT2D eigenvalue weighted by Crippen LogP contribution is -2.59. The zero-order valence-electron chi connectivity index (χ0n) is 30.1. The van der Waals surface area contributed by atoms with Crippen LogP contribution in [0.4, 0.5) is 22.0 Å². The number of hydrogen-bond donors (Lipinski definition) is 2. The molecule has 0 aliphatic carbocycles. The third-order valence-electron chi connectivity index (χ3n) is 8.97. The van der Waals surface area contributed by atoms with E-state index in [0.29, 0.717) is 11.1 Å². The Balaban J connectivity index is 1.63. The van der Waals surface area contributed by atoms with Gasteiger partial charge in [0.25, 0.3) is 0 Å². The number of likely N-dealkylation sites (N-methyl/N-ethyl adjacent to an activating group) is 2. The molecule has 0 aromatic heterocycles. The molecule has 0 aliphatic heterocycles. The number of carbonyl (C=O) groups excluding carboxylic acids is 4. The zero-order chi connectivity index (χ0) is 39.7. The first-order valence-corrected chi connectivity index (χ1v) is 17.1. The van der Waals surface area contributed by atoms with E-state index >= 15 is 0 Å². The summed E-state index contributed by atoms with van der Waals surface area (Å²) in [6.45, 7) is 3.24. The Morgan fingerprint density at radius 3 is 1.44 bits per heavy atom. The molecule has 4 atom stereocenters. The normalized spacial score (nSPS) is 13.4. The molecular weight excluding hydrogens is 711 g/mol. The van der Waals surface area contributed by atoms with E-state index in [2.05, 4.69) is 5.32 Å². The first-order valence-electron chi connectivity index (χ1n) is 17.1. The number of halogens is 5. The minimum atomic E-state index is -2.44. The van der Waals surface area contributed by atoms with Crippen molar-refractivity contribution in [3.63, 3.8) is 0 Å². The van der Waals surface area contributed by atoms with Gasteiger partial charge in [-0.3, -0.25) is 14.4 Å². The lowest BCUT2D eigenvalue weighted by Gasteiger charge is -2.34. The second-order valence-electron chi connectivity index (χ2n) is 13.2. The van der Waals surface area contributed by atoms with Gasteiger partial charge in [-0.05, 0) is 29.0 Å². The monoisotopic (exact) mass is 752 g/mol. The lowest BCUT2D eigenvalue weighted by molar-refractivity contribution is -0.149. The molecule has 4 rings (SSSR count). The van der Waals surface area contributed by atoms with Crippen LogP contribution in [0.1, 0.15) is 30.5 Å². The van der Waals surface area contributed by atoms with Gasteiger partial charge in [-0.25, -0.2) is 18.0 Å². The number of esters is 1. The number of amides is 3. The maximum Gasteiger partial charge on any atom is 0.334 e. The molecule has 3 N–H and O–H groups in total. The summed E-state index contributed by atoms with van der Waals surface area (Å²) >= 11 is 0. The molecule has 0 aliphatic rings. The molecule has 9 nitrogen and oxygen atoms in total. The van der Waals surface area contributed by atoms with E-state index in [1.54, 1.807) is 74.5 Å². The summed E-state index contributed by atoms with van der Waals surface area (Å²) in [4.78, 5) is 57.5. The molecule has 4 aromatic carbocycles. The minimum Gasteiger partial charge on any atom is -0.418 e. The number of nitrogens with two attached hydrogens (primary N) is 1. The van der Waals surface area contributed by atoms with E-state index in [9.17, 15) is 41.1 Å². The Kier molecular flexibility index (Phi) is 14.0. The van der Waals surface area contributed by atoms with Crippen molar-refractivity contribution in [2.45, 2.75) is 57.3 Å². The first-order chi connectivity index (χ1) is 25.6. The van der Waals surface area contributed by atoms with Gasteiger partial charge in [-0.1, -0.05) is 105 Å². The third kappa shape index (κ3) is 9.86. The molecule has 4 aromatic rings. The fourth-order valence-electron chi connectivity index (χ4n) is 5.81. The number of benzene rings is 4. The Morgan fingerprint density at radius 1 is 0.611 bits per heavy atom. The molecule has 286 valence electrons. The fraction of sp³-hybridized carbons (Fsp3) is 0.300. The first kappa shape index (κ1) is 41.1. The van der Waals surface area contributed by atoms with Crippen LogP contribution in [-0.2, 0) is 38.4 Å². The van der Waals surface area contributed by atoms with Gasteiger partial charge in [0.05, 0.1) is 6.04 Å². The SMILES string of the molecule is CC(C)[C@H](NC(=O)[C@H](Cc1ccccc1)N(C)C(=O)[C@@H](N)Cc1ccccc1)C(=O)N(C)[C@@H](Cc1ccccc1)C(=O)Oc1c(F)c(F)c(F)c(F)c1F. The number of nitrogens with zero attached hydrogens (tertiary/aromatic N) is 2. The van der Waals surface area contributed by atoms with Gasteiger partial charge in [-0.15, -0.1) is 0 Å². The predicted octanol–water partition coefficient (Wildman–Crippen LogP) is 5.14. The van der Waals surface area contributed by atoms with Gasteiger partial charge in [0.1, 0.15) is 18.1 Å². The number of ether oxygens (including phenoxy) is 1. The average molecular weight is 753 g/mol. The van der Waals surface area contributed by atoms with Crippen LogP contribution in [0.5, 0.6) is 5.75 Å². The van der Waals surface area contributed by atoms with Crippen LogP contribution in [-0.4, -0.2) is 71.8 Å². The summed E-state index contributed by atoms with van der Waals surface area (Å²) in [6.07, 6.45) is -0.0541. The van der Waals surface area contributed by atoms with E-state index in [-0.39, 0.29) is 19.3 Å². The molecular formula is C40H41F5N4O5. The highest BCUT2D eigenvalue weighted by Crippen LogP contribution is 2.30. The van der Waals surface area contributed by atoms with E-state index in [1.807, 2.05) is 30.3 Å². The van der Waals surface area contributed by atoms with Gasteiger partial charge in [0.2, 0.25) is 52.6 Å². The third-order valence-corrected chi connectivity index (χ3v) is 8.97. The van der Waals surface area contributed by atoms with Crippen LogP contribution in [0.3, 0.4) is 0 Å². The maximum absolute atomic E-state index is 14.5. The van der Waals surface area contributed by atoms with Crippen molar-refractivity contribution in [1.82, 2.24) is 15.1 Å². The molecule has 54 heavy (non-hydrogen) atoms. The van der Waals surface area contributed by atoms with Gasteiger partial charge in [0, 0.05) is 26.9 Å². The van der Waals surface area contributed by atoms with Gasteiger partial charge < -0.3 is 25.6 Å². The second kappa shape index (κ2) is 18.4. The van der Waals surface area contributed by atoms with Crippen LogP contribution in [0.25, 0.3) is 0 Å². The summed E-state index contributed by atoms with van der Waals surface area (Å²) < 4.78 is 75.5. The number of nitrogens with one attached hydrogen (secondary N) is 1. The van der Waals surface area contributed by atoms with Crippen LogP contribution in [0, 0.1) is 35.0 Å². The predicted molar refractivity (Wildman–Crippen MR) is 190 cm³/mol. The molecule has 0 spiro atoms. The largest absolute Gasteiger partial charge is 0.418 e. The highest BCUT2D eigenvalue weighted by Gasteiger charge is 2.39. The van der Waals surface area contributed by atoms with Crippen LogP contribution in [0.15, 0.2) is 91.0 Å². The Bertz CT molecular complexity index is 1910. The number of carbonyl (C=O) groups is 4. The molecule has 0 fully saturated rings. The van der Waals surface area contributed by atoms with E-state index < -0.39 is 88.6 Å². The maximum atomic E-state index is 14.5. The Hall–Kier alpha value is -5.63. The number of hydrogen-bond acceptors (Lipinski definition) is 6. The quantitative estimate of drug-likeness (QED) is 0.0571. The Morgan fingerprint density at radius 2 is 1.00 bits per heavy atom. The van der Waals surface area contributed by atoms with E-state index in [4.69, 9.17) is 10.5 Å². The molecule has 14 heteroatoms. The van der Waals surface area contributed by atoms with E-state index in [1.165, 1.54) is 19.0 Å². The van der Waals surface area contributed by atoms with Crippen molar-refractivity contribution in [3.8, 4) is 5.75 Å². The van der Waals surface area contributed by atoms with Gasteiger partial charge in [0.15, 0.2) is 0 Å². The number of rotatable bonds is 15. The molecule has 3 amide bonds. The van der Waals surface area contributed by atoms with Crippen LogP contribution < -0.4 is 15.8 Å². The second-order valence-corrected chi connectivity index (χ2v) is 13.2. The van der Waals surface area contributed by atoms with Crippen molar-refractivity contribution in [3.05, 3.63) is 137 Å². The highest BCUT2D eigenvalue weighted by molar-refractivity contribution is 5.94. The minimum absolute atomic E-state index is 0.0483. The lowest BCUT2D eigenvalue weighted by atomic mass is 9.98. The average Bonchev–Trinajstić information content (AvgIpc) is 3.17. The topological polar surface area (TPSA) is 122 Å². The zero-order valence-corrected chi connectivity index (χ0v) is 30.1. The molecule has 0 saturated carbocycles. The van der Waals surface area contributed by atoms with Crippen molar-refractivity contribution in [2.24, 2.45) is 11.7 Å². The van der Waals surface area contributed by atoms with Crippen molar-refractivity contribution < 1.29 is 45.9 Å². The van der Waals surface area contributed by atoms with Gasteiger partial charge >= 0.3 is 5.97 Å². The summed E-state index contributed by atoms with van der Waals surface area (Å²) in [5.74, 6) is -17.9. The van der Waals surface area contributed by atoms with Crippen molar-refractivity contribution >= 4 is 23.7 Å². The summed E-state index contributed by atoms with van der Waals surface area (Å²) in [5.41, 5.74) is 8.28. The molecule has 0 radical (unpaired) electrons. The van der Waals surface area contributed by atoms with Crippen molar-refractivity contribution in [1.29, 1.82) is 0 Å². The van der Waals surface area contributed by atoms with Gasteiger partial charge in [-0.2, -0.15) is 8.78 Å². The van der Waals surface area contributed by atoms with E-state index in [0.717, 1.165) is 10.5 Å². The van der Waals surface area contributed by atoms with Crippen LogP contribution in [0.2, 0.25) is 0 Å². The van der Waals surface area contributed by atoms with Crippen molar-refractivity contribution in [2.75, 3.05) is 14.1 Å². The standard InChI is InChI=1S/C40H41F5N4O5/c1-23(2)35(47-37(50)28(21-25-16-10-6-11-17-25)48(3)38(51)27(46)20-24-14-8-5-9-15-24)39(52)49(4)29(22-26-18-12-7-13-19-26)40(53)54-36-33(44)31(42)30(41)32(43)34(36)45/h5-19,23,27-29,35H,20-22,46H2,1-4H3,(H,47,50)/t27-,28-,29-,35-/m0/s1. The highest BCUT2D eigenvalue weighted by atomic mass is 19.2. The molecule has 0 saturated heterocycles. The summed E-state index contributed by atoms with van der Waals surface area (Å²) in [5, 5.41) is 2.71. The molecule has 0 unspecified atom stereocenters. The summed E-state index contributed by atoms with van der Waals surface area (Å²) in [7, 11) is 2.61. The smallest absolute Gasteiger partial charge is 0.334 e. The molecule has 0 bridgehead atoms. The molecule has 0 heterocycles. The Labute approximate surface area is 309 Å². The summed E-state index contributed by atoms with van der Waals surface area (Å²) in [6, 6.07) is 20.9.